The number of esters is 1. The lowest BCUT2D eigenvalue weighted by molar-refractivity contribution is -0.116. The van der Waals surface area contributed by atoms with Gasteiger partial charge >= 0.3 is 5.97 Å². The molecule has 4 aromatic rings. The SMILES string of the molecule is CC(=O)CC(=O)c1cnc(C)cn1.CCOC(=O)c1cc(-c2cnc(C)cn2)n(-c2cccnc2)n1. The molecule has 11 heteroatoms. The number of hydrogen-bond donors (Lipinski definition) is 0. The summed E-state index contributed by atoms with van der Waals surface area (Å²) in [6, 6.07) is 5.29. The van der Waals surface area contributed by atoms with Crippen LogP contribution in [0.15, 0.2) is 55.4 Å². The van der Waals surface area contributed by atoms with E-state index in [1.807, 2.05) is 13.0 Å². The number of Topliss-reactive ketones (excluding diaryl/α,β-unsaturated/α-hetero) is 2. The predicted octanol–water partition coefficient (Wildman–Crippen LogP) is 3.16. The van der Waals surface area contributed by atoms with Gasteiger partial charge in [-0.05, 0) is 39.8 Å². The number of carbonyl (C=O) groups excluding carboxylic acids is 3. The Labute approximate surface area is 207 Å². The fourth-order valence-corrected chi connectivity index (χ4v) is 2.92. The molecule has 4 heterocycles. The Hall–Kier alpha value is -4.67. The number of ketones is 2. The summed E-state index contributed by atoms with van der Waals surface area (Å²) in [5.41, 5.74) is 4.01. The summed E-state index contributed by atoms with van der Waals surface area (Å²) >= 11 is 0. The monoisotopic (exact) mass is 487 g/mol. The standard InChI is InChI=1S/C16H15N5O2.C9H10N2O2/c1-3-23-16(22)13-7-15(14-10-18-11(2)8-19-14)21(20-13)12-5-4-6-17-9-12;1-6-4-11-8(5-10-6)9(13)3-7(2)12/h4-10H,3H2,1-2H3;4-5H,3H2,1-2H3. The topological polar surface area (TPSA) is 143 Å². The molecule has 0 N–H and O–H groups in total. The van der Waals surface area contributed by atoms with Crippen molar-refractivity contribution in [3.63, 3.8) is 0 Å². The predicted molar refractivity (Wildman–Crippen MR) is 129 cm³/mol. The number of pyridine rings is 1. The van der Waals surface area contributed by atoms with E-state index in [0.29, 0.717) is 11.4 Å². The largest absolute Gasteiger partial charge is 0.461 e. The number of carbonyl (C=O) groups is 3. The van der Waals surface area contributed by atoms with E-state index in [0.717, 1.165) is 17.1 Å². The van der Waals surface area contributed by atoms with Gasteiger partial charge < -0.3 is 4.74 Å². The smallest absolute Gasteiger partial charge is 0.358 e. The maximum absolute atomic E-state index is 12.0. The molecule has 0 fully saturated rings. The molecule has 4 aromatic heterocycles. The van der Waals surface area contributed by atoms with Crippen LogP contribution in [0.2, 0.25) is 0 Å². The van der Waals surface area contributed by atoms with Crippen molar-refractivity contribution >= 4 is 17.5 Å². The Balaban J connectivity index is 0.000000236. The van der Waals surface area contributed by atoms with Crippen LogP contribution in [-0.4, -0.2) is 58.8 Å². The van der Waals surface area contributed by atoms with E-state index >= 15 is 0 Å². The summed E-state index contributed by atoms with van der Waals surface area (Å²) in [5.74, 6) is -0.913. The Bertz CT molecular complexity index is 1340. The molecule has 36 heavy (non-hydrogen) atoms. The summed E-state index contributed by atoms with van der Waals surface area (Å²) < 4.78 is 6.63. The van der Waals surface area contributed by atoms with Crippen molar-refractivity contribution in [3.05, 3.63) is 78.2 Å². The van der Waals surface area contributed by atoms with Gasteiger partial charge in [0.15, 0.2) is 11.5 Å². The lowest BCUT2D eigenvalue weighted by Gasteiger charge is -2.06. The van der Waals surface area contributed by atoms with Crippen molar-refractivity contribution in [3.8, 4) is 17.1 Å². The lowest BCUT2D eigenvalue weighted by Crippen LogP contribution is -2.07. The van der Waals surface area contributed by atoms with Gasteiger partial charge in [0.05, 0.1) is 54.4 Å². The number of ether oxygens (including phenoxy) is 1. The fourth-order valence-electron chi connectivity index (χ4n) is 2.92. The second-order valence-electron chi connectivity index (χ2n) is 7.65. The van der Waals surface area contributed by atoms with Gasteiger partial charge in [-0.25, -0.2) is 14.5 Å². The molecule has 0 atom stereocenters. The normalized spacial score (nSPS) is 10.2. The van der Waals surface area contributed by atoms with Crippen LogP contribution >= 0.6 is 0 Å². The molecule has 0 saturated heterocycles. The number of rotatable bonds is 7. The molecular weight excluding hydrogens is 462 g/mol. The zero-order valence-corrected chi connectivity index (χ0v) is 20.4. The average molecular weight is 488 g/mol. The van der Waals surface area contributed by atoms with Crippen LogP contribution < -0.4 is 0 Å². The zero-order valence-electron chi connectivity index (χ0n) is 20.4. The minimum Gasteiger partial charge on any atom is -0.461 e. The van der Waals surface area contributed by atoms with E-state index in [4.69, 9.17) is 4.74 Å². The van der Waals surface area contributed by atoms with Gasteiger partial charge in [0.1, 0.15) is 17.2 Å². The molecule has 0 spiro atoms. The first-order chi connectivity index (χ1) is 17.3. The highest BCUT2D eigenvalue weighted by molar-refractivity contribution is 6.06. The Morgan fingerprint density at radius 1 is 0.917 bits per heavy atom. The summed E-state index contributed by atoms with van der Waals surface area (Å²) in [5, 5.41) is 4.33. The Morgan fingerprint density at radius 2 is 1.64 bits per heavy atom. The van der Waals surface area contributed by atoms with Gasteiger partial charge in [-0.3, -0.25) is 29.5 Å². The van der Waals surface area contributed by atoms with Gasteiger partial charge in [0.2, 0.25) is 0 Å². The molecule has 0 aliphatic carbocycles. The van der Waals surface area contributed by atoms with Crippen LogP contribution in [0.1, 0.15) is 52.6 Å². The van der Waals surface area contributed by atoms with Crippen molar-refractivity contribution in [2.45, 2.75) is 34.1 Å². The van der Waals surface area contributed by atoms with Crippen molar-refractivity contribution in [2.75, 3.05) is 6.61 Å². The number of hydrogen-bond acceptors (Lipinski definition) is 10. The highest BCUT2D eigenvalue weighted by Gasteiger charge is 2.18. The highest BCUT2D eigenvalue weighted by atomic mass is 16.5. The average Bonchev–Trinajstić information content (AvgIpc) is 3.31. The Kier molecular flexibility index (Phi) is 8.76. The van der Waals surface area contributed by atoms with Crippen LogP contribution in [0.25, 0.3) is 17.1 Å². The first kappa shape index (κ1) is 25.9. The quantitative estimate of drug-likeness (QED) is 0.217. The minimum atomic E-state index is -0.475. The van der Waals surface area contributed by atoms with E-state index < -0.39 is 5.97 Å². The second kappa shape index (κ2) is 12.2. The molecule has 184 valence electrons. The number of aryl methyl sites for hydroxylation is 2. The van der Waals surface area contributed by atoms with E-state index in [2.05, 4.69) is 30.0 Å². The van der Waals surface area contributed by atoms with Crippen LogP contribution in [-0.2, 0) is 9.53 Å². The van der Waals surface area contributed by atoms with Crippen LogP contribution in [0.5, 0.6) is 0 Å². The van der Waals surface area contributed by atoms with Crippen molar-refractivity contribution in [2.24, 2.45) is 0 Å². The summed E-state index contributed by atoms with van der Waals surface area (Å²) in [4.78, 5) is 54.3. The maximum Gasteiger partial charge on any atom is 0.358 e. The van der Waals surface area contributed by atoms with E-state index in [9.17, 15) is 14.4 Å². The van der Waals surface area contributed by atoms with Crippen molar-refractivity contribution < 1.29 is 19.1 Å². The Morgan fingerprint density at radius 3 is 2.19 bits per heavy atom. The molecule has 0 unspecified atom stereocenters. The van der Waals surface area contributed by atoms with Gasteiger partial charge in [-0.2, -0.15) is 5.10 Å². The third-order valence-corrected chi connectivity index (χ3v) is 4.60. The van der Waals surface area contributed by atoms with Gasteiger partial charge in [0.25, 0.3) is 0 Å². The summed E-state index contributed by atoms with van der Waals surface area (Å²) in [6.45, 7) is 7.06. The molecule has 4 rings (SSSR count). The van der Waals surface area contributed by atoms with Crippen molar-refractivity contribution in [1.82, 2.24) is 34.7 Å². The van der Waals surface area contributed by atoms with Gasteiger partial charge in [-0.15, -0.1) is 0 Å². The molecule has 0 aromatic carbocycles. The first-order valence-corrected chi connectivity index (χ1v) is 11.1. The van der Waals surface area contributed by atoms with Crippen molar-refractivity contribution in [1.29, 1.82) is 0 Å². The van der Waals surface area contributed by atoms with E-state index in [1.165, 1.54) is 19.3 Å². The third kappa shape index (κ3) is 6.92. The van der Waals surface area contributed by atoms with E-state index in [1.54, 1.807) is 55.4 Å². The molecule has 0 aliphatic rings. The van der Waals surface area contributed by atoms with Crippen LogP contribution in [0, 0.1) is 13.8 Å². The van der Waals surface area contributed by atoms with E-state index in [-0.39, 0.29) is 36.0 Å². The molecule has 0 aliphatic heterocycles. The number of aromatic nitrogens is 7. The lowest BCUT2D eigenvalue weighted by atomic mass is 10.2. The zero-order chi connectivity index (χ0) is 26.1. The molecule has 0 bridgehead atoms. The fraction of sp³-hybridized carbons (Fsp3) is 0.240. The first-order valence-electron chi connectivity index (χ1n) is 11.1. The molecule has 0 amide bonds. The summed E-state index contributed by atoms with van der Waals surface area (Å²) in [6.07, 6.45) is 9.44. The molecule has 0 saturated carbocycles. The highest BCUT2D eigenvalue weighted by Crippen LogP contribution is 2.22. The van der Waals surface area contributed by atoms with Gasteiger partial charge in [-0.1, -0.05) is 0 Å². The maximum atomic E-state index is 12.0. The third-order valence-electron chi connectivity index (χ3n) is 4.60. The minimum absolute atomic E-state index is 0.0995. The second-order valence-corrected chi connectivity index (χ2v) is 7.65. The number of nitrogens with zero attached hydrogens (tertiary/aromatic N) is 7. The molecular formula is C25H25N7O4. The van der Waals surface area contributed by atoms with Gasteiger partial charge in [0, 0.05) is 24.7 Å². The molecule has 11 nitrogen and oxygen atoms in total. The van der Waals surface area contributed by atoms with Crippen LogP contribution in [0.4, 0.5) is 0 Å². The molecule has 0 radical (unpaired) electrons. The van der Waals surface area contributed by atoms with Crippen LogP contribution in [0.3, 0.4) is 0 Å². The summed E-state index contributed by atoms with van der Waals surface area (Å²) in [7, 11) is 0.